The molecule has 3 rings (SSSR count). The van der Waals surface area contributed by atoms with E-state index in [1.165, 1.54) is 6.20 Å². The molecule has 1 heterocycles. The quantitative estimate of drug-likeness (QED) is 0.471. The third-order valence-electron chi connectivity index (χ3n) is 4.10. The summed E-state index contributed by atoms with van der Waals surface area (Å²) in [5, 5.41) is 23.1. The molecule has 0 saturated carbocycles. The standard InChI is InChI=1S/C21H19N5O3/c1-28-19-8-5-15(9-20(19)29-2)17(10-22)18-12-23-13-21(25-18)26-24-11-14-3-6-16(27)7-4-14/h3-9,11-13,17,27H,1-2H3,(H,25,26)/t17-/m0/s1. The number of hydrogen-bond acceptors (Lipinski definition) is 8. The van der Waals surface area contributed by atoms with Gasteiger partial charge in [-0.05, 0) is 47.5 Å². The molecule has 3 aromatic rings. The molecule has 0 fully saturated rings. The third-order valence-corrected chi connectivity index (χ3v) is 4.10. The fourth-order valence-corrected chi connectivity index (χ4v) is 2.65. The highest BCUT2D eigenvalue weighted by Crippen LogP contribution is 2.32. The van der Waals surface area contributed by atoms with Crippen molar-refractivity contribution >= 4 is 12.0 Å². The van der Waals surface area contributed by atoms with Gasteiger partial charge in [0.2, 0.25) is 0 Å². The highest BCUT2D eigenvalue weighted by molar-refractivity contribution is 5.80. The zero-order chi connectivity index (χ0) is 20.6. The molecule has 146 valence electrons. The highest BCUT2D eigenvalue weighted by atomic mass is 16.5. The minimum atomic E-state index is -0.634. The number of phenolic OH excluding ortho intramolecular Hbond substituents is 1. The van der Waals surface area contributed by atoms with Crippen molar-refractivity contribution in [2.45, 2.75) is 5.92 Å². The number of hydrazone groups is 1. The molecule has 8 heteroatoms. The van der Waals surface area contributed by atoms with Gasteiger partial charge < -0.3 is 14.6 Å². The number of rotatable bonds is 7. The van der Waals surface area contributed by atoms with Crippen LogP contribution in [0.25, 0.3) is 0 Å². The minimum absolute atomic E-state index is 0.186. The Balaban J connectivity index is 1.80. The Morgan fingerprint density at radius 2 is 1.86 bits per heavy atom. The molecule has 0 unspecified atom stereocenters. The van der Waals surface area contributed by atoms with Crippen molar-refractivity contribution in [1.29, 1.82) is 5.26 Å². The van der Waals surface area contributed by atoms with Crippen LogP contribution in [-0.4, -0.2) is 35.5 Å². The van der Waals surface area contributed by atoms with Crippen LogP contribution in [0.15, 0.2) is 60.0 Å². The lowest BCUT2D eigenvalue weighted by Gasteiger charge is -2.13. The third kappa shape index (κ3) is 4.78. The van der Waals surface area contributed by atoms with Crippen LogP contribution in [0.2, 0.25) is 0 Å². The number of aromatic nitrogens is 2. The topological polar surface area (TPSA) is 113 Å². The Morgan fingerprint density at radius 1 is 1.10 bits per heavy atom. The second kappa shape index (κ2) is 9.19. The van der Waals surface area contributed by atoms with Crippen LogP contribution in [-0.2, 0) is 0 Å². The lowest BCUT2D eigenvalue weighted by atomic mass is 9.97. The second-order valence-corrected chi connectivity index (χ2v) is 5.97. The number of phenols is 1. The molecule has 29 heavy (non-hydrogen) atoms. The molecule has 0 bridgehead atoms. The van der Waals surface area contributed by atoms with E-state index in [9.17, 15) is 10.4 Å². The van der Waals surface area contributed by atoms with Gasteiger partial charge in [0.15, 0.2) is 17.3 Å². The second-order valence-electron chi connectivity index (χ2n) is 5.97. The Morgan fingerprint density at radius 3 is 2.55 bits per heavy atom. The largest absolute Gasteiger partial charge is 0.508 e. The van der Waals surface area contributed by atoms with E-state index in [1.54, 1.807) is 69.1 Å². The lowest BCUT2D eigenvalue weighted by Crippen LogP contribution is -2.05. The molecule has 2 N–H and O–H groups in total. The molecule has 1 aromatic heterocycles. The van der Waals surface area contributed by atoms with Gasteiger partial charge in [0, 0.05) is 0 Å². The molecular formula is C21H19N5O3. The maximum Gasteiger partial charge on any atom is 0.165 e. The van der Waals surface area contributed by atoms with E-state index >= 15 is 0 Å². The smallest absolute Gasteiger partial charge is 0.165 e. The number of ether oxygens (including phenoxy) is 2. The summed E-state index contributed by atoms with van der Waals surface area (Å²) in [4.78, 5) is 8.60. The van der Waals surface area contributed by atoms with Crippen molar-refractivity contribution in [2.24, 2.45) is 5.10 Å². The normalized spacial score (nSPS) is 11.6. The maximum absolute atomic E-state index is 9.70. The first-order chi connectivity index (χ1) is 14.1. The predicted molar refractivity (Wildman–Crippen MR) is 108 cm³/mol. The number of methoxy groups -OCH3 is 2. The number of aromatic hydroxyl groups is 1. The highest BCUT2D eigenvalue weighted by Gasteiger charge is 2.18. The summed E-state index contributed by atoms with van der Waals surface area (Å²) in [5.74, 6) is 1.07. The van der Waals surface area contributed by atoms with Gasteiger partial charge in [0.25, 0.3) is 0 Å². The summed E-state index contributed by atoms with van der Waals surface area (Å²) in [6.45, 7) is 0. The summed E-state index contributed by atoms with van der Waals surface area (Å²) >= 11 is 0. The van der Waals surface area contributed by atoms with E-state index in [1.807, 2.05) is 0 Å². The van der Waals surface area contributed by atoms with Gasteiger partial charge in [-0.25, -0.2) is 4.98 Å². The van der Waals surface area contributed by atoms with Crippen molar-refractivity contribution in [3.05, 3.63) is 71.7 Å². The van der Waals surface area contributed by atoms with Gasteiger partial charge in [-0.1, -0.05) is 6.07 Å². The van der Waals surface area contributed by atoms with Crippen molar-refractivity contribution in [1.82, 2.24) is 9.97 Å². The Labute approximate surface area is 168 Å². The predicted octanol–water partition coefficient (Wildman–Crippen LogP) is 3.30. The Hall–Kier alpha value is -4.12. The van der Waals surface area contributed by atoms with Crippen LogP contribution in [0.5, 0.6) is 17.2 Å². The fraction of sp³-hybridized carbons (Fsp3) is 0.143. The van der Waals surface area contributed by atoms with Crippen LogP contribution >= 0.6 is 0 Å². The monoisotopic (exact) mass is 389 g/mol. The van der Waals surface area contributed by atoms with Crippen LogP contribution < -0.4 is 14.9 Å². The van der Waals surface area contributed by atoms with Crippen molar-refractivity contribution in [2.75, 3.05) is 19.6 Å². The van der Waals surface area contributed by atoms with E-state index in [4.69, 9.17) is 9.47 Å². The van der Waals surface area contributed by atoms with Crippen LogP contribution in [0.3, 0.4) is 0 Å². The van der Waals surface area contributed by atoms with Gasteiger partial charge in [-0.3, -0.25) is 10.4 Å². The SMILES string of the molecule is COc1ccc([C@H](C#N)c2cncc(NN=Cc3ccc(O)cc3)n2)cc1OC. The first-order valence-electron chi connectivity index (χ1n) is 8.66. The average molecular weight is 389 g/mol. The van der Waals surface area contributed by atoms with Gasteiger partial charge in [0.1, 0.15) is 11.7 Å². The van der Waals surface area contributed by atoms with Crippen molar-refractivity contribution in [3.8, 4) is 23.3 Å². The molecule has 0 saturated heterocycles. The molecule has 0 spiro atoms. The molecule has 0 aliphatic carbocycles. The summed E-state index contributed by atoms with van der Waals surface area (Å²) < 4.78 is 10.6. The Kier molecular flexibility index (Phi) is 6.22. The van der Waals surface area contributed by atoms with Gasteiger partial charge in [0.05, 0.1) is 44.6 Å². The van der Waals surface area contributed by atoms with E-state index in [0.29, 0.717) is 28.6 Å². The zero-order valence-electron chi connectivity index (χ0n) is 15.9. The number of anilines is 1. The van der Waals surface area contributed by atoms with Crippen LogP contribution in [0.1, 0.15) is 22.7 Å². The number of nitrogens with zero attached hydrogens (tertiary/aromatic N) is 4. The first-order valence-corrected chi connectivity index (χ1v) is 8.66. The summed E-state index contributed by atoms with van der Waals surface area (Å²) in [7, 11) is 3.10. The molecule has 0 aliphatic heterocycles. The zero-order valence-corrected chi connectivity index (χ0v) is 15.9. The average Bonchev–Trinajstić information content (AvgIpc) is 2.76. The number of benzene rings is 2. The van der Waals surface area contributed by atoms with Gasteiger partial charge in [-0.15, -0.1) is 0 Å². The van der Waals surface area contributed by atoms with Crippen molar-refractivity contribution < 1.29 is 14.6 Å². The summed E-state index contributed by atoms with van der Waals surface area (Å²) in [6.07, 6.45) is 4.64. The van der Waals surface area contributed by atoms with E-state index < -0.39 is 5.92 Å². The lowest BCUT2D eigenvalue weighted by molar-refractivity contribution is 0.354. The van der Waals surface area contributed by atoms with E-state index in [2.05, 4.69) is 26.6 Å². The molecule has 0 radical (unpaired) electrons. The number of nitriles is 1. The number of hydrogen-bond donors (Lipinski definition) is 2. The fourth-order valence-electron chi connectivity index (χ4n) is 2.65. The molecular weight excluding hydrogens is 370 g/mol. The van der Waals surface area contributed by atoms with E-state index in [0.717, 1.165) is 5.56 Å². The van der Waals surface area contributed by atoms with Crippen LogP contribution in [0.4, 0.5) is 5.82 Å². The van der Waals surface area contributed by atoms with Crippen molar-refractivity contribution in [3.63, 3.8) is 0 Å². The molecule has 0 aliphatic rings. The summed E-state index contributed by atoms with van der Waals surface area (Å²) in [6, 6.07) is 14.1. The molecule has 8 nitrogen and oxygen atoms in total. The molecule has 0 amide bonds. The van der Waals surface area contributed by atoms with Gasteiger partial charge in [-0.2, -0.15) is 10.4 Å². The maximum atomic E-state index is 9.70. The van der Waals surface area contributed by atoms with Crippen LogP contribution in [0, 0.1) is 11.3 Å². The Bertz CT molecular complexity index is 1040. The van der Waals surface area contributed by atoms with E-state index in [-0.39, 0.29) is 5.75 Å². The van der Waals surface area contributed by atoms with Gasteiger partial charge >= 0.3 is 0 Å². The summed E-state index contributed by atoms with van der Waals surface area (Å²) in [5.41, 5.74) is 4.79. The number of nitrogens with one attached hydrogen (secondary N) is 1. The minimum Gasteiger partial charge on any atom is -0.508 e. The first kappa shape index (κ1) is 19.6. The molecule has 1 atom stereocenters. The molecule has 2 aromatic carbocycles.